The largest absolute Gasteiger partial charge is 0.396 e. The van der Waals surface area contributed by atoms with Gasteiger partial charge in [0.1, 0.15) is 6.54 Å². The second-order valence-electron chi connectivity index (χ2n) is 6.72. The molecule has 7 heteroatoms. The molecule has 1 aliphatic rings. The Bertz CT molecular complexity index is 811. The molecular formula is C18H23N3O4. The first kappa shape index (κ1) is 17.6. The van der Waals surface area contributed by atoms with Gasteiger partial charge in [-0.2, -0.15) is 0 Å². The Labute approximate surface area is 145 Å². The zero-order chi connectivity index (χ0) is 17.9. The Morgan fingerprint density at radius 1 is 1.36 bits per heavy atom. The average Bonchev–Trinajstić information content (AvgIpc) is 2.65. The van der Waals surface area contributed by atoms with E-state index >= 15 is 0 Å². The van der Waals surface area contributed by atoms with E-state index in [2.05, 4.69) is 4.98 Å². The molecule has 134 valence electrons. The summed E-state index contributed by atoms with van der Waals surface area (Å²) in [7, 11) is 1.70. The standard InChI is InChI=1S/C18H23N3O4/c1-20(11-18(12-22)6-8-25-9-7-18)16(23)10-21-13-19-15-5-3-2-4-14(15)17(21)24/h2-5,13,22H,6-12H2,1H3. The molecule has 0 aliphatic carbocycles. The lowest BCUT2D eigenvalue weighted by molar-refractivity contribution is -0.134. The predicted molar refractivity (Wildman–Crippen MR) is 93.2 cm³/mol. The molecular weight excluding hydrogens is 322 g/mol. The van der Waals surface area contributed by atoms with Crippen molar-refractivity contribution < 1.29 is 14.6 Å². The van der Waals surface area contributed by atoms with Crippen LogP contribution in [-0.4, -0.2) is 58.9 Å². The van der Waals surface area contributed by atoms with Crippen molar-refractivity contribution >= 4 is 16.8 Å². The smallest absolute Gasteiger partial charge is 0.261 e. The summed E-state index contributed by atoms with van der Waals surface area (Å²) in [4.78, 5) is 30.9. The van der Waals surface area contributed by atoms with Crippen molar-refractivity contribution in [2.24, 2.45) is 5.41 Å². The highest BCUT2D eigenvalue weighted by Gasteiger charge is 2.34. The number of aliphatic hydroxyl groups is 1. The normalized spacial score (nSPS) is 16.7. The highest BCUT2D eigenvalue weighted by Crippen LogP contribution is 2.30. The Balaban J connectivity index is 1.73. The number of amides is 1. The van der Waals surface area contributed by atoms with E-state index in [1.807, 2.05) is 6.07 Å². The third kappa shape index (κ3) is 3.72. The minimum atomic E-state index is -0.324. The summed E-state index contributed by atoms with van der Waals surface area (Å²) in [5, 5.41) is 10.3. The van der Waals surface area contributed by atoms with Crippen LogP contribution in [0.3, 0.4) is 0 Å². The summed E-state index contributed by atoms with van der Waals surface area (Å²) in [5.41, 5.74) is 0.0659. The lowest BCUT2D eigenvalue weighted by Crippen LogP contribution is -2.45. The van der Waals surface area contributed by atoms with E-state index < -0.39 is 0 Å². The van der Waals surface area contributed by atoms with Crippen molar-refractivity contribution in [2.45, 2.75) is 19.4 Å². The van der Waals surface area contributed by atoms with Crippen LogP contribution in [0.5, 0.6) is 0 Å². The lowest BCUT2D eigenvalue weighted by atomic mass is 9.80. The van der Waals surface area contributed by atoms with Crippen LogP contribution in [0, 0.1) is 5.41 Å². The van der Waals surface area contributed by atoms with E-state index in [9.17, 15) is 14.7 Å². The van der Waals surface area contributed by atoms with Gasteiger partial charge in [-0.15, -0.1) is 0 Å². The molecule has 0 saturated carbocycles. The molecule has 1 aromatic heterocycles. The third-order valence-electron chi connectivity index (χ3n) is 4.92. The highest BCUT2D eigenvalue weighted by molar-refractivity contribution is 5.78. The van der Waals surface area contributed by atoms with Crippen molar-refractivity contribution in [1.82, 2.24) is 14.5 Å². The SMILES string of the molecule is CN(CC1(CO)CCOCC1)C(=O)Cn1cnc2ccccc2c1=O. The van der Waals surface area contributed by atoms with Crippen molar-refractivity contribution in [1.29, 1.82) is 0 Å². The van der Waals surface area contributed by atoms with Gasteiger partial charge in [-0.3, -0.25) is 14.2 Å². The van der Waals surface area contributed by atoms with Gasteiger partial charge in [0.05, 0.1) is 23.8 Å². The fourth-order valence-electron chi connectivity index (χ4n) is 3.25. The van der Waals surface area contributed by atoms with E-state index in [1.165, 1.54) is 10.9 Å². The maximum atomic E-state index is 12.6. The molecule has 1 amide bonds. The van der Waals surface area contributed by atoms with Gasteiger partial charge in [0, 0.05) is 32.2 Å². The van der Waals surface area contributed by atoms with Crippen LogP contribution < -0.4 is 5.56 Å². The monoisotopic (exact) mass is 345 g/mol. The number of likely N-dealkylation sites (N-methyl/N-ethyl adjacent to an activating group) is 1. The molecule has 0 radical (unpaired) electrons. The Morgan fingerprint density at radius 2 is 2.08 bits per heavy atom. The fourth-order valence-corrected chi connectivity index (χ4v) is 3.25. The van der Waals surface area contributed by atoms with Gasteiger partial charge >= 0.3 is 0 Å². The number of hydrogen-bond acceptors (Lipinski definition) is 5. The number of benzene rings is 1. The minimum Gasteiger partial charge on any atom is -0.396 e. The average molecular weight is 345 g/mol. The lowest BCUT2D eigenvalue weighted by Gasteiger charge is -2.38. The van der Waals surface area contributed by atoms with E-state index in [0.717, 1.165) is 12.8 Å². The molecule has 1 aliphatic heterocycles. The van der Waals surface area contributed by atoms with Gasteiger partial charge in [0.2, 0.25) is 5.91 Å². The molecule has 7 nitrogen and oxygen atoms in total. The number of fused-ring (bicyclic) bond motifs is 1. The van der Waals surface area contributed by atoms with Crippen LogP contribution in [0.1, 0.15) is 12.8 Å². The Hall–Kier alpha value is -2.25. The number of carbonyl (C=O) groups is 1. The quantitative estimate of drug-likeness (QED) is 0.860. The molecule has 0 unspecified atom stereocenters. The number of rotatable bonds is 5. The topological polar surface area (TPSA) is 84.7 Å². The number of ether oxygens (including phenoxy) is 1. The highest BCUT2D eigenvalue weighted by atomic mass is 16.5. The number of hydrogen-bond donors (Lipinski definition) is 1. The summed E-state index contributed by atoms with van der Waals surface area (Å²) < 4.78 is 6.68. The van der Waals surface area contributed by atoms with Crippen molar-refractivity contribution in [2.75, 3.05) is 33.4 Å². The van der Waals surface area contributed by atoms with Crippen molar-refractivity contribution in [3.8, 4) is 0 Å². The molecule has 2 aromatic rings. The minimum absolute atomic E-state index is 0.0193. The van der Waals surface area contributed by atoms with E-state index in [0.29, 0.717) is 30.7 Å². The number of aliphatic hydroxyl groups excluding tert-OH is 1. The Kier molecular flexibility index (Phi) is 5.15. The fraction of sp³-hybridized carbons (Fsp3) is 0.500. The van der Waals surface area contributed by atoms with Gasteiger partial charge < -0.3 is 14.7 Å². The summed E-state index contributed by atoms with van der Waals surface area (Å²) in [6.45, 7) is 1.59. The number of nitrogens with zero attached hydrogens (tertiary/aromatic N) is 3. The first-order valence-corrected chi connectivity index (χ1v) is 8.41. The molecule has 0 atom stereocenters. The molecule has 0 spiro atoms. The van der Waals surface area contributed by atoms with E-state index in [-0.39, 0.29) is 30.0 Å². The molecule has 0 bridgehead atoms. The number of para-hydroxylation sites is 1. The first-order chi connectivity index (χ1) is 12.0. The van der Waals surface area contributed by atoms with Gasteiger partial charge in [-0.05, 0) is 25.0 Å². The predicted octanol–water partition coefficient (Wildman–Crippen LogP) is 0.644. The van der Waals surface area contributed by atoms with Crippen molar-refractivity contribution in [3.63, 3.8) is 0 Å². The summed E-state index contributed by atoms with van der Waals surface area (Å²) in [6, 6.07) is 7.07. The van der Waals surface area contributed by atoms with Crippen LogP contribution in [-0.2, 0) is 16.1 Å². The molecule has 1 N–H and O–H groups in total. The Morgan fingerprint density at radius 3 is 2.80 bits per heavy atom. The molecule has 1 saturated heterocycles. The van der Waals surface area contributed by atoms with Gasteiger partial charge in [0.15, 0.2) is 0 Å². The first-order valence-electron chi connectivity index (χ1n) is 8.41. The van der Waals surface area contributed by atoms with E-state index in [4.69, 9.17) is 4.74 Å². The van der Waals surface area contributed by atoms with Crippen LogP contribution >= 0.6 is 0 Å². The molecule has 3 rings (SSSR count). The van der Waals surface area contributed by atoms with Gasteiger partial charge in [-0.25, -0.2) is 4.98 Å². The van der Waals surface area contributed by atoms with Crippen LogP contribution in [0.4, 0.5) is 0 Å². The second kappa shape index (κ2) is 7.33. The van der Waals surface area contributed by atoms with E-state index in [1.54, 1.807) is 30.1 Å². The van der Waals surface area contributed by atoms with Crippen LogP contribution in [0.2, 0.25) is 0 Å². The molecule has 1 fully saturated rings. The summed E-state index contributed by atoms with van der Waals surface area (Å²) in [6.07, 6.45) is 2.85. The molecule has 1 aromatic carbocycles. The van der Waals surface area contributed by atoms with Crippen LogP contribution in [0.15, 0.2) is 35.4 Å². The maximum Gasteiger partial charge on any atom is 0.261 e. The zero-order valence-corrected chi connectivity index (χ0v) is 14.4. The second-order valence-corrected chi connectivity index (χ2v) is 6.72. The third-order valence-corrected chi connectivity index (χ3v) is 4.92. The number of carbonyl (C=O) groups excluding carboxylic acids is 1. The summed E-state index contributed by atoms with van der Waals surface area (Å²) >= 11 is 0. The van der Waals surface area contributed by atoms with Crippen LogP contribution in [0.25, 0.3) is 10.9 Å². The maximum absolute atomic E-state index is 12.6. The van der Waals surface area contributed by atoms with Gasteiger partial charge in [0.25, 0.3) is 5.56 Å². The summed E-state index contributed by atoms with van der Waals surface area (Å²) in [5.74, 6) is -0.182. The number of aromatic nitrogens is 2. The molecule has 25 heavy (non-hydrogen) atoms. The van der Waals surface area contributed by atoms with Crippen molar-refractivity contribution in [3.05, 3.63) is 40.9 Å². The molecule has 2 heterocycles. The van der Waals surface area contributed by atoms with Gasteiger partial charge in [-0.1, -0.05) is 12.1 Å². The zero-order valence-electron chi connectivity index (χ0n) is 14.4.